The number of hydrogen-bond donors (Lipinski definition) is 5. The van der Waals surface area contributed by atoms with Crippen molar-refractivity contribution in [1.29, 1.82) is 0 Å². The van der Waals surface area contributed by atoms with Gasteiger partial charge in [-0.25, -0.2) is 9.59 Å². The molecule has 4 atom stereocenters. The lowest BCUT2D eigenvalue weighted by molar-refractivity contribution is -0.305. The molecule has 2 aromatic carbocycles. The Labute approximate surface area is 270 Å². The number of H-pyrrole nitrogens is 1. The minimum atomic E-state index is -1.36. The van der Waals surface area contributed by atoms with Gasteiger partial charge < -0.3 is 49.0 Å². The first kappa shape index (κ1) is 33.5. The van der Waals surface area contributed by atoms with E-state index >= 15 is 0 Å². The van der Waals surface area contributed by atoms with Crippen LogP contribution in [0.15, 0.2) is 51.7 Å². The van der Waals surface area contributed by atoms with Crippen LogP contribution in [-0.4, -0.2) is 69.5 Å². The zero-order valence-electron chi connectivity index (χ0n) is 26.9. The predicted molar refractivity (Wildman–Crippen MR) is 170 cm³/mol. The molecule has 1 amide bonds. The second kappa shape index (κ2) is 13.1. The fourth-order valence-electron chi connectivity index (χ4n) is 5.75. The zero-order chi connectivity index (χ0) is 34.2. The molecule has 0 unspecified atom stereocenters. The van der Waals surface area contributed by atoms with Crippen LogP contribution in [0.5, 0.6) is 17.2 Å². The smallest absolute Gasteiger partial charge is 0.364 e. The van der Waals surface area contributed by atoms with E-state index in [0.717, 1.165) is 12.1 Å². The molecule has 0 saturated carbocycles. The molecule has 2 aromatic heterocycles. The van der Waals surface area contributed by atoms with Gasteiger partial charge in [-0.15, -0.1) is 0 Å². The summed E-state index contributed by atoms with van der Waals surface area (Å²) >= 11 is 0. The van der Waals surface area contributed by atoms with Crippen molar-refractivity contribution in [1.82, 2.24) is 4.98 Å². The van der Waals surface area contributed by atoms with Crippen LogP contribution in [-0.2, 0) is 20.6 Å². The van der Waals surface area contributed by atoms with Crippen LogP contribution in [0.2, 0.25) is 0 Å². The predicted octanol–water partition coefficient (Wildman–Crippen LogP) is 4.47. The number of aromatic amines is 1. The van der Waals surface area contributed by atoms with Crippen molar-refractivity contribution in [3.8, 4) is 17.2 Å². The largest absolute Gasteiger partial charge is 0.508 e. The summed E-state index contributed by atoms with van der Waals surface area (Å²) in [6, 6.07) is 10.4. The van der Waals surface area contributed by atoms with Crippen LogP contribution in [0.25, 0.3) is 11.0 Å². The summed E-state index contributed by atoms with van der Waals surface area (Å²) in [5.74, 6) is -1.86. The van der Waals surface area contributed by atoms with Gasteiger partial charge in [-0.1, -0.05) is 13.3 Å². The molecule has 1 saturated heterocycles. The summed E-state index contributed by atoms with van der Waals surface area (Å²) < 4.78 is 29.0. The molecule has 47 heavy (non-hydrogen) atoms. The van der Waals surface area contributed by atoms with E-state index in [9.17, 15) is 29.7 Å². The molecule has 1 aliphatic heterocycles. The SMILES string of the molecule is CCCc1cc(C(=O)Nc2c(O)c3cc(O[C@@H]4OC(C)(C)[C@@H](OC)[C@H](O)[C@H]4OC(=O)c4ccc(C)[nH]4)cc(C)c3oc2=O)ccc1O. The Kier molecular flexibility index (Phi) is 9.34. The number of aromatic hydroxyl groups is 2. The standard InChI is InChI=1S/C34H38N2O11/c1-7-8-18-14-19(10-12-23(18)37)30(40)36-24-25(38)21-15-20(13-16(2)27(21)45-32(24)42)44-33-28(26(39)29(43-6)34(4,5)47-33)46-31(41)22-11-9-17(3)35-22/h9-15,26,28-29,33,35,37-39H,7-8H2,1-6H3,(H,36,40)/t26-,28-,29+,33-/m1/s1. The van der Waals surface area contributed by atoms with Gasteiger partial charge >= 0.3 is 11.6 Å². The number of rotatable bonds is 9. The average molecular weight is 651 g/mol. The van der Waals surface area contributed by atoms with Crippen molar-refractivity contribution in [2.75, 3.05) is 12.4 Å². The van der Waals surface area contributed by atoms with Crippen molar-refractivity contribution in [3.63, 3.8) is 0 Å². The fourth-order valence-corrected chi connectivity index (χ4v) is 5.75. The van der Waals surface area contributed by atoms with Crippen molar-refractivity contribution in [3.05, 3.63) is 81.0 Å². The number of aromatic nitrogens is 1. The Morgan fingerprint density at radius 1 is 1.09 bits per heavy atom. The lowest BCUT2D eigenvalue weighted by Gasteiger charge is -2.47. The number of aryl methyl sites for hydroxylation is 3. The van der Waals surface area contributed by atoms with Crippen LogP contribution in [0.4, 0.5) is 5.69 Å². The third-order valence-corrected chi connectivity index (χ3v) is 8.06. The van der Waals surface area contributed by atoms with E-state index in [0.29, 0.717) is 17.5 Å². The van der Waals surface area contributed by atoms with Crippen LogP contribution < -0.4 is 15.7 Å². The van der Waals surface area contributed by atoms with E-state index in [4.69, 9.17) is 23.4 Å². The van der Waals surface area contributed by atoms with Crippen molar-refractivity contribution >= 4 is 28.5 Å². The van der Waals surface area contributed by atoms with Gasteiger partial charge in [-0.2, -0.15) is 0 Å². The first-order valence-electron chi connectivity index (χ1n) is 15.1. The van der Waals surface area contributed by atoms with Gasteiger partial charge in [0.1, 0.15) is 35.0 Å². The highest BCUT2D eigenvalue weighted by molar-refractivity contribution is 6.06. The summed E-state index contributed by atoms with van der Waals surface area (Å²) in [6.45, 7) is 8.70. The molecule has 5 N–H and O–H groups in total. The van der Waals surface area contributed by atoms with Gasteiger partial charge in [0.25, 0.3) is 5.91 Å². The van der Waals surface area contributed by atoms with E-state index in [1.54, 1.807) is 39.8 Å². The monoisotopic (exact) mass is 650 g/mol. The number of ether oxygens (including phenoxy) is 4. The Morgan fingerprint density at radius 3 is 2.49 bits per heavy atom. The van der Waals surface area contributed by atoms with Crippen LogP contribution >= 0.6 is 0 Å². The van der Waals surface area contributed by atoms with E-state index in [-0.39, 0.29) is 33.7 Å². The highest BCUT2D eigenvalue weighted by Gasteiger charge is 2.53. The summed E-state index contributed by atoms with van der Waals surface area (Å²) in [5, 5.41) is 35.0. The van der Waals surface area contributed by atoms with E-state index in [2.05, 4.69) is 10.3 Å². The molecule has 0 radical (unpaired) electrons. The number of carbonyl (C=O) groups excluding carboxylic acids is 2. The first-order chi connectivity index (χ1) is 22.2. The highest BCUT2D eigenvalue weighted by Crippen LogP contribution is 2.38. The quantitative estimate of drug-likeness (QED) is 0.127. The first-order valence-corrected chi connectivity index (χ1v) is 15.1. The maximum absolute atomic E-state index is 13.1. The minimum absolute atomic E-state index is 0.0352. The summed E-state index contributed by atoms with van der Waals surface area (Å²) in [6.07, 6.45) is -3.66. The molecule has 1 aliphatic rings. The second-order valence-corrected chi connectivity index (χ2v) is 12.1. The molecule has 250 valence electrons. The lowest BCUT2D eigenvalue weighted by Crippen LogP contribution is -2.64. The number of phenolic OH excluding ortho intramolecular Hbond substituents is 1. The molecule has 0 aliphatic carbocycles. The highest BCUT2D eigenvalue weighted by atomic mass is 16.7. The number of esters is 1. The zero-order valence-corrected chi connectivity index (χ0v) is 26.9. The minimum Gasteiger partial charge on any atom is -0.508 e. The van der Waals surface area contributed by atoms with E-state index in [1.807, 2.05) is 6.92 Å². The Morgan fingerprint density at radius 2 is 1.83 bits per heavy atom. The molecule has 13 nitrogen and oxygen atoms in total. The van der Waals surface area contributed by atoms with Gasteiger partial charge in [0.05, 0.1) is 11.0 Å². The normalized spacial score (nSPS) is 20.6. The molecule has 3 heterocycles. The number of methoxy groups -OCH3 is 1. The van der Waals surface area contributed by atoms with Gasteiger partial charge in [-0.05, 0) is 87.7 Å². The Hall–Kier alpha value is -4.85. The van der Waals surface area contributed by atoms with Gasteiger partial charge in [-0.3, -0.25) is 4.79 Å². The second-order valence-electron chi connectivity index (χ2n) is 12.1. The molecule has 0 bridgehead atoms. The summed E-state index contributed by atoms with van der Waals surface area (Å²) in [5.41, 5.74) is -0.498. The molecule has 13 heteroatoms. The summed E-state index contributed by atoms with van der Waals surface area (Å²) in [7, 11) is 1.40. The number of aliphatic hydroxyl groups is 1. The van der Waals surface area contributed by atoms with E-state index < -0.39 is 59.1 Å². The Balaban J connectivity index is 1.48. The van der Waals surface area contributed by atoms with E-state index in [1.165, 1.54) is 37.4 Å². The van der Waals surface area contributed by atoms with Crippen molar-refractivity contribution in [2.24, 2.45) is 0 Å². The number of hydrogen-bond acceptors (Lipinski definition) is 11. The molecule has 5 rings (SSSR count). The fraction of sp³-hybridized carbons (Fsp3) is 0.382. The Bertz CT molecular complexity index is 1880. The maximum Gasteiger partial charge on any atom is 0.364 e. The lowest BCUT2D eigenvalue weighted by atomic mass is 9.89. The number of fused-ring (bicyclic) bond motifs is 1. The van der Waals surface area contributed by atoms with Gasteiger partial charge in [0.2, 0.25) is 6.29 Å². The van der Waals surface area contributed by atoms with Crippen LogP contribution in [0.3, 0.4) is 0 Å². The molecule has 0 spiro atoms. The third kappa shape index (κ3) is 6.68. The maximum atomic E-state index is 13.1. The number of phenols is 1. The molecular weight excluding hydrogens is 612 g/mol. The number of nitrogens with one attached hydrogen (secondary N) is 2. The van der Waals surface area contributed by atoms with Crippen LogP contribution in [0, 0.1) is 13.8 Å². The molecule has 1 fully saturated rings. The third-order valence-electron chi connectivity index (χ3n) is 8.06. The topological polar surface area (TPSA) is 190 Å². The number of amides is 1. The molecular formula is C34H38N2O11. The van der Waals surface area contributed by atoms with Gasteiger partial charge in [0.15, 0.2) is 17.5 Å². The van der Waals surface area contributed by atoms with Gasteiger partial charge in [0, 0.05) is 18.4 Å². The number of anilines is 1. The average Bonchev–Trinajstić information content (AvgIpc) is 3.45. The number of carbonyl (C=O) groups is 2. The number of benzene rings is 2. The number of aliphatic hydroxyl groups excluding tert-OH is 1. The summed E-state index contributed by atoms with van der Waals surface area (Å²) in [4.78, 5) is 41.9. The van der Waals surface area contributed by atoms with Crippen molar-refractivity contribution in [2.45, 2.75) is 77.7 Å². The van der Waals surface area contributed by atoms with Crippen LogP contribution in [0.1, 0.15) is 64.9 Å². The molecule has 4 aromatic rings. The van der Waals surface area contributed by atoms with Crippen molar-refractivity contribution < 1.29 is 48.3 Å².